The molecule has 0 atom stereocenters. The van der Waals surface area contributed by atoms with E-state index in [1.165, 1.54) is 12.8 Å². The third-order valence-electron chi connectivity index (χ3n) is 1.86. The first-order chi connectivity index (χ1) is 5.90. The van der Waals surface area contributed by atoms with E-state index in [9.17, 15) is 0 Å². The maximum absolute atomic E-state index is 5.60. The molecule has 0 aromatic heterocycles. The molecule has 2 rings (SSSR count). The Morgan fingerprint density at radius 3 is 2.75 bits per heavy atom. The van der Waals surface area contributed by atoms with Crippen LogP contribution >= 0.6 is 0 Å². The van der Waals surface area contributed by atoms with Gasteiger partial charge >= 0.3 is 0 Å². The van der Waals surface area contributed by atoms with Crippen LogP contribution in [-0.2, 0) is 0 Å². The molecule has 3 heteroatoms. The zero-order chi connectivity index (χ0) is 8.39. The van der Waals surface area contributed by atoms with Crippen molar-refractivity contribution >= 4 is 5.69 Å². The molecule has 0 unspecified atom stereocenters. The molecule has 0 bridgehead atoms. The van der Waals surface area contributed by atoms with E-state index in [2.05, 4.69) is 5.43 Å². The number of para-hydroxylation sites is 2. The molecular weight excluding hydrogens is 152 g/mol. The first kappa shape index (κ1) is 7.43. The lowest BCUT2D eigenvalue weighted by Gasteiger charge is -2.08. The molecule has 64 valence electrons. The first-order valence-electron chi connectivity index (χ1n) is 4.12. The van der Waals surface area contributed by atoms with E-state index in [-0.39, 0.29) is 0 Å². The minimum Gasteiger partial charge on any atom is -0.488 e. The van der Waals surface area contributed by atoms with Crippen LogP contribution in [0.15, 0.2) is 24.3 Å². The number of hydrogen-bond donors (Lipinski definition) is 2. The fourth-order valence-corrected chi connectivity index (χ4v) is 1.05. The zero-order valence-electron chi connectivity index (χ0n) is 6.79. The van der Waals surface area contributed by atoms with Gasteiger partial charge in [-0.2, -0.15) is 0 Å². The van der Waals surface area contributed by atoms with Crippen LogP contribution in [0.1, 0.15) is 12.8 Å². The molecule has 1 fully saturated rings. The van der Waals surface area contributed by atoms with Gasteiger partial charge in [0.25, 0.3) is 0 Å². The monoisotopic (exact) mass is 164 g/mol. The Hall–Kier alpha value is -1.22. The van der Waals surface area contributed by atoms with Crippen LogP contribution in [0.5, 0.6) is 5.75 Å². The summed E-state index contributed by atoms with van der Waals surface area (Å²) < 4.78 is 5.60. The predicted molar refractivity (Wildman–Crippen MR) is 47.9 cm³/mol. The third-order valence-corrected chi connectivity index (χ3v) is 1.86. The lowest BCUT2D eigenvalue weighted by Crippen LogP contribution is -2.09. The van der Waals surface area contributed by atoms with Gasteiger partial charge in [-0.3, -0.25) is 5.84 Å². The van der Waals surface area contributed by atoms with Crippen molar-refractivity contribution in [1.82, 2.24) is 0 Å². The molecule has 0 spiro atoms. The summed E-state index contributed by atoms with van der Waals surface area (Å²) in [7, 11) is 0. The van der Waals surface area contributed by atoms with Crippen molar-refractivity contribution in [3.05, 3.63) is 24.3 Å². The minimum atomic E-state index is 0.416. The first-order valence-corrected chi connectivity index (χ1v) is 4.12. The molecule has 1 aliphatic rings. The number of ether oxygens (including phenoxy) is 1. The minimum absolute atomic E-state index is 0.416. The van der Waals surface area contributed by atoms with Gasteiger partial charge in [-0.1, -0.05) is 12.1 Å². The van der Waals surface area contributed by atoms with Crippen molar-refractivity contribution in [2.24, 2.45) is 5.84 Å². The molecule has 3 nitrogen and oxygen atoms in total. The molecular formula is C9H12N2O. The van der Waals surface area contributed by atoms with Gasteiger partial charge in [0.1, 0.15) is 5.75 Å². The van der Waals surface area contributed by atoms with E-state index in [4.69, 9.17) is 10.6 Å². The number of nitrogens with two attached hydrogens (primary N) is 1. The Labute approximate surface area is 71.5 Å². The van der Waals surface area contributed by atoms with Crippen LogP contribution in [0, 0.1) is 0 Å². The number of nitrogens with one attached hydrogen (secondary N) is 1. The number of rotatable bonds is 3. The van der Waals surface area contributed by atoms with Crippen molar-refractivity contribution in [1.29, 1.82) is 0 Å². The van der Waals surface area contributed by atoms with Crippen molar-refractivity contribution in [2.75, 3.05) is 5.43 Å². The second-order valence-corrected chi connectivity index (χ2v) is 2.96. The third kappa shape index (κ3) is 1.51. The number of anilines is 1. The van der Waals surface area contributed by atoms with E-state index in [1.54, 1.807) is 0 Å². The molecule has 0 saturated heterocycles. The van der Waals surface area contributed by atoms with Gasteiger partial charge in [-0.15, -0.1) is 0 Å². The summed E-state index contributed by atoms with van der Waals surface area (Å²) in [6.45, 7) is 0. The van der Waals surface area contributed by atoms with E-state index in [0.717, 1.165) is 11.4 Å². The second-order valence-electron chi connectivity index (χ2n) is 2.96. The Morgan fingerprint density at radius 2 is 2.08 bits per heavy atom. The van der Waals surface area contributed by atoms with Crippen LogP contribution in [0.4, 0.5) is 5.69 Å². The van der Waals surface area contributed by atoms with Crippen molar-refractivity contribution < 1.29 is 4.74 Å². The molecule has 1 saturated carbocycles. The average Bonchev–Trinajstić information content (AvgIpc) is 2.89. The Balaban J connectivity index is 2.15. The summed E-state index contributed by atoms with van der Waals surface area (Å²) in [6, 6.07) is 7.69. The zero-order valence-corrected chi connectivity index (χ0v) is 6.79. The summed E-state index contributed by atoms with van der Waals surface area (Å²) >= 11 is 0. The average molecular weight is 164 g/mol. The quantitative estimate of drug-likeness (QED) is 0.526. The number of benzene rings is 1. The second kappa shape index (κ2) is 3.03. The predicted octanol–water partition coefficient (Wildman–Crippen LogP) is 1.51. The van der Waals surface area contributed by atoms with Crippen LogP contribution in [-0.4, -0.2) is 6.10 Å². The van der Waals surface area contributed by atoms with E-state index in [1.807, 2.05) is 24.3 Å². The molecule has 0 amide bonds. The van der Waals surface area contributed by atoms with E-state index in [0.29, 0.717) is 6.10 Å². The van der Waals surface area contributed by atoms with Crippen LogP contribution in [0.2, 0.25) is 0 Å². The highest BCUT2D eigenvalue weighted by Crippen LogP contribution is 2.31. The summed E-state index contributed by atoms with van der Waals surface area (Å²) in [5.74, 6) is 6.17. The van der Waals surface area contributed by atoms with Crippen LogP contribution in [0.3, 0.4) is 0 Å². The SMILES string of the molecule is NNc1ccccc1OC1CC1. The lowest BCUT2D eigenvalue weighted by atomic mass is 10.3. The Bertz CT molecular complexity index is 271. The van der Waals surface area contributed by atoms with E-state index >= 15 is 0 Å². The molecule has 0 radical (unpaired) electrons. The Kier molecular flexibility index (Phi) is 1.87. The summed E-state index contributed by atoms with van der Waals surface area (Å²) in [5, 5.41) is 0. The fourth-order valence-electron chi connectivity index (χ4n) is 1.05. The van der Waals surface area contributed by atoms with Gasteiger partial charge in [0, 0.05) is 0 Å². The fraction of sp³-hybridized carbons (Fsp3) is 0.333. The number of hydrazine groups is 1. The highest BCUT2D eigenvalue weighted by Gasteiger charge is 2.24. The van der Waals surface area contributed by atoms with Gasteiger partial charge in [0.2, 0.25) is 0 Å². The van der Waals surface area contributed by atoms with Crippen LogP contribution < -0.4 is 16.0 Å². The largest absolute Gasteiger partial charge is 0.488 e. The molecule has 3 N–H and O–H groups in total. The summed E-state index contributed by atoms with van der Waals surface area (Å²) in [5.41, 5.74) is 3.46. The normalized spacial score (nSPS) is 15.8. The number of hydrogen-bond acceptors (Lipinski definition) is 3. The lowest BCUT2D eigenvalue weighted by molar-refractivity contribution is 0.304. The maximum atomic E-state index is 5.60. The molecule has 12 heavy (non-hydrogen) atoms. The van der Waals surface area contributed by atoms with Gasteiger partial charge in [0.05, 0.1) is 11.8 Å². The summed E-state index contributed by atoms with van der Waals surface area (Å²) in [6.07, 6.45) is 2.75. The Morgan fingerprint density at radius 1 is 1.33 bits per heavy atom. The van der Waals surface area contributed by atoms with Gasteiger partial charge in [-0.25, -0.2) is 0 Å². The molecule has 1 aliphatic carbocycles. The van der Waals surface area contributed by atoms with Crippen molar-refractivity contribution in [3.63, 3.8) is 0 Å². The molecule has 0 heterocycles. The smallest absolute Gasteiger partial charge is 0.144 e. The maximum Gasteiger partial charge on any atom is 0.144 e. The van der Waals surface area contributed by atoms with Crippen molar-refractivity contribution in [2.45, 2.75) is 18.9 Å². The molecule has 1 aromatic rings. The number of nitrogen functional groups attached to an aromatic ring is 1. The highest BCUT2D eigenvalue weighted by molar-refractivity contribution is 5.55. The topological polar surface area (TPSA) is 47.3 Å². The summed E-state index contributed by atoms with van der Waals surface area (Å²) in [4.78, 5) is 0. The van der Waals surface area contributed by atoms with Gasteiger partial charge in [-0.05, 0) is 25.0 Å². The van der Waals surface area contributed by atoms with E-state index < -0.39 is 0 Å². The molecule has 0 aliphatic heterocycles. The van der Waals surface area contributed by atoms with Gasteiger partial charge in [0.15, 0.2) is 0 Å². The standard InChI is InChI=1S/C9H12N2O/c10-11-8-3-1-2-4-9(8)12-7-5-6-7/h1-4,7,11H,5-6,10H2. The van der Waals surface area contributed by atoms with Crippen molar-refractivity contribution in [3.8, 4) is 5.75 Å². The van der Waals surface area contributed by atoms with Gasteiger partial charge < -0.3 is 10.2 Å². The highest BCUT2D eigenvalue weighted by atomic mass is 16.5. The van der Waals surface area contributed by atoms with Crippen LogP contribution in [0.25, 0.3) is 0 Å². The molecule has 1 aromatic carbocycles.